The van der Waals surface area contributed by atoms with Gasteiger partial charge in [-0.25, -0.2) is 14.8 Å². The number of fused-ring (bicyclic) bond motifs is 3. The summed E-state index contributed by atoms with van der Waals surface area (Å²) < 4.78 is 15.4. The van der Waals surface area contributed by atoms with E-state index in [4.69, 9.17) is 19.6 Å². The van der Waals surface area contributed by atoms with Crippen molar-refractivity contribution >= 4 is 78.7 Å². The first-order chi connectivity index (χ1) is 37.1. The molecular weight excluding hydrogens is 991 g/mol. The minimum absolute atomic E-state index is 0.0712. The van der Waals surface area contributed by atoms with Crippen LogP contribution in [0.25, 0.3) is 32.2 Å². The minimum Gasteiger partial charge on any atom is -0.490 e. The van der Waals surface area contributed by atoms with Crippen LogP contribution in [0.5, 0.6) is 5.75 Å². The molecule has 398 valence electrons. The van der Waals surface area contributed by atoms with Crippen LogP contribution in [0.3, 0.4) is 0 Å². The summed E-state index contributed by atoms with van der Waals surface area (Å²) in [5, 5.41) is 11.6. The second-order valence-corrected chi connectivity index (χ2v) is 23.0. The van der Waals surface area contributed by atoms with Crippen LogP contribution < -0.4 is 25.2 Å². The number of aryl methyl sites for hydroxylation is 2. The fraction of sp³-hybridized carbons (Fsp3) is 0.400. The van der Waals surface area contributed by atoms with Crippen molar-refractivity contribution in [1.82, 2.24) is 30.0 Å². The highest BCUT2D eigenvalue weighted by atomic mass is 32.1. The number of nitrogens with one attached hydrogen (secondary N) is 2. The van der Waals surface area contributed by atoms with E-state index in [0.717, 1.165) is 100 Å². The first kappa shape index (κ1) is 51.4. The third-order valence-electron chi connectivity index (χ3n) is 15.6. The van der Waals surface area contributed by atoms with Crippen LogP contribution in [0.15, 0.2) is 91.0 Å². The van der Waals surface area contributed by atoms with Crippen molar-refractivity contribution in [2.45, 2.75) is 110 Å². The zero-order valence-electron chi connectivity index (χ0n) is 44.4. The van der Waals surface area contributed by atoms with Gasteiger partial charge in [0.1, 0.15) is 17.2 Å². The number of esters is 1. The lowest BCUT2D eigenvalue weighted by Crippen LogP contribution is -2.48. The van der Waals surface area contributed by atoms with Crippen LogP contribution in [0.2, 0.25) is 0 Å². The van der Waals surface area contributed by atoms with Gasteiger partial charge in [0.15, 0.2) is 10.8 Å². The SMILES string of the molecule is Cc1cc(OC2CCC(CCC(=O)N3CCN(c4ccc5c(C6CCC(=O)NC6=O)nn(C)c5c4)CC3)CC2)ccc1-c1ccc(N2CCc3cccc(C(=O)Nc4nc5ccccc5s4)c3C2)nc1C(=O)OC(C)(C)C. The second-order valence-electron chi connectivity index (χ2n) is 22.0. The Kier molecular flexibility index (Phi) is 14.3. The van der Waals surface area contributed by atoms with Crippen molar-refractivity contribution in [3.8, 4) is 16.9 Å². The molecule has 17 heteroatoms. The Labute approximate surface area is 452 Å². The number of para-hydroxylation sites is 1. The molecule has 1 unspecified atom stereocenters. The number of carbonyl (C=O) groups excluding carboxylic acids is 5. The lowest BCUT2D eigenvalue weighted by Gasteiger charge is -2.36. The molecule has 0 radical (unpaired) electrons. The topological polar surface area (TPSA) is 181 Å². The minimum atomic E-state index is -0.741. The van der Waals surface area contributed by atoms with Crippen LogP contribution in [0.1, 0.15) is 121 Å². The Morgan fingerprint density at radius 3 is 2.38 bits per heavy atom. The van der Waals surface area contributed by atoms with Crippen LogP contribution in [-0.2, 0) is 39.1 Å². The number of thiazole rings is 1. The fourth-order valence-electron chi connectivity index (χ4n) is 11.5. The molecule has 16 nitrogen and oxygen atoms in total. The predicted molar refractivity (Wildman–Crippen MR) is 299 cm³/mol. The highest BCUT2D eigenvalue weighted by molar-refractivity contribution is 7.22. The van der Waals surface area contributed by atoms with Gasteiger partial charge < -0.3 is 24.2 Å². The molecular formula is C60H65N9O7S. The van der Waals surface area contributed by atoms with E-state index in [1.807, 2.05) is 117 Å². The maximum absolute atomic E-state index is 14.0. The molecule has 11 rings (SSSR count). The van der Waals surface area contributed by atoms with Gasteiger partial charge in [-0.2, -0.15) is 5.10 Å². The number of piperidine rings is 1. The van der Waals surface area contributed by atoms with Gasteiger partial charge >= 0.3 is 5.97 Å². The van der Waals surface area contributed by atoms with Crippen LogP contribution in [-0.4, -0.2) is 98.7 Å². The fourth-order valence-corrected chi connectivity index (χ4v) is 12.4. The molecule has 1 atom stereocenters. The van der Waals surface area contributed by atoms with E-state index >= 15 is 0 Å². The molecule has 2 N–H and O–H groups in total. The molecule has 0 spiro atoms. The van der Waals surface area contributed by atoms with Crippen molar-refractivity contribution in [1.29, 1.82) is 0 Å². The summed E-state index contributed by atoms with van der Waals surface area (Å²) in [5.41, 5.74) is 8.11. The molecule has 3 aliphatic heterocycles. The molecule has 4 aliphatic rings. The third kappa shape index (κ3) is 11.1. The van der Waals surface area contributed by atoms with Crippen LogP contribution >= 0.6 is 11.3 Å². The number of anilines is 3. The van der Waals surface area contributed by atoms with Crippen LogP contribution in [0.4, 0.5) is 16.6 Å². The van der Waals surface area contributed by atoms with E-state index in [2.05, 4.69) is 43.6 Å². The molecule has 77 heavy (non-hydrogen) atoms. The maximum Gasteiger partial charge on any atom is 0.358 e. The lowest BCUT2D eigenvalue weighted by molar-refractivity contribution is -0.134. The average Bonchev–Trinajstić information content (AvgIpc) is 4.02. The smallest absolute Gasteiger partial charge is 0.358 e. The van der Waals surface area contributed by atoms with Crippen molar-refractivity contribution < 1.29 is 33.4 Å². The summed E-state index contributed by atoms with van der Waals surface area (Å²) in [6.07, 6.45) is 6.79. The number of ether oxygens (including phenoxy) is 2. The Bertz CT molecular complexity index is 3400. The summed E-state index contributed by atoms with van der Waals surface area (Å²) in [7, 11) is 1.88. The summed E-state index contributed by atoms with van der Waals surface area (Å²) in [6.45, 7) is 11.5. The van der Waals surface area contributed by atoms with E-state index in [0.29, 0.717) is 85.6 Å². The summed E-state index contributed by atoms with van der Waals surface area (Å²) in [6, 6.07) is 29.8. The van der Waals surface area contributed by atoms with E-state index in [9.17, 15) is 24.0 Å². The molecule has 7 aromatic rings. The normalized spacial score (nSPS) is 19.0. The third-order valence-corrected chi connectivity index (χ3v) is 16.6. The van der Waals surface area contributed by atoms with Gasteiger partial charge in [-0.1, -0.05) is 41.7 Å². The van der Waals surface area contributed by atoms with E-state index in [1.165, 1.54) is 11.3 Å². The first-order valence-electron chi connectivity index (χ1n) is 27.0. The summed E-state index contributed by atoms with van der Waals surface area (Å²) >= 11 is 1.44. The number of hydrogen-bond acceptors (Lipinski definition) is 13. The molecule has 2 saturated heterocycles. The number of carbonyl (C=O) groups is 5. The van der Waals surface area contributed by atoms with E-state index in [1.54, 1.807) is 0 Å². The number of nitrogens with zero attached hydrogens (tertiary/aromatic N) is 7. The van der Waals surface area contributed by atoms with Crippen molar-refractivity contribution in [3.63, 3.8) is 0 Å². The van der Waals surface area contributed by atoms with Crippen molar-refractivity contribution in [2.75, 3.05) is 47.8 Å². The molecule has 6 heterocycles. The van der Waals surface area contributed by atoms with E-state index < -0.39 is 17.5 Å². The predicted octanol–water partition coefficient (Wildman–Crippen LogP) is 9.91. The molecule has 1 aliphatic carbocycles. The van der Waals surface area contributed by atoms with Gasteiger partial charge in [-0.05, 0) is 161 Å². The molecule has 0 bridgehead atoms. The van der Waals surface area contributed by atoms with E-state index in [-0.39, 0.29) is 35.4 Å². The quantitative estimate of drug-likeness (QED) is 0.0875. The Hall–Kier alpha value is -7.66. The Morgan fingerprint density at radius 1 is 0.818 bits per heavy atom. The van der Waals surface area contributed by atoms with Gasteiger partial charge in [0.05, 0.1) is 33.4 Å². The monoisotopic (exact) mass is 1060 g/mol. The van der Waals surface area contributed by atoms with Gasteiger partial charge in [-0.3, -0.25) is 34.5 Å². The van der Waals surface area contributed by atoms with Gasteiger partial charge in [-0.15, -0.1) is 0 Å². The lowest BCUT2D eigenvalue weighted by atomic mass is 9.84. The van der Waals surface area contributed by atoms with Gasteiger partial charge in [0.2, 0.25) is 17.7 Å². The first-order valence-corrected chi connectivity index (χ1v) is 27.8. The molecule has 1 saturated carbocycles. The highest BCUT2D eigenvalue weighted by Gasteiger charge is 2.33. The highest BCUT2D eigenvalue weighted by Crippen LogP contribution is 2.37. The number of imide groups is 1. The van der Waals surface area contributed by atoms with Crippen molar-refractivity contribution in [3.05, 3.63) is 125 Å². The van der Waals surface area contributed by atoms with Gasteiger partial charge in [0, 0.05) is 81.4 Å². The largest absolute Gasteiger partial charge is 0.490 e. The number of aromatic nitrogens is 4. The Morgan fingerprint density at radius 2 is 1.61 bits per heavy atom. The number of benzene rings is 4. The van der Waals surface area contributed by atoms with Gasteiger partial charge in [0.25, 0.3) is 5.91 Å². The van der Waals surface area contributed by atoms with Crippen LogP contribution in [0, 0.1) is 12.8 Å². The number of piperazine rings is 1. The number of amides is 4. The number of pyridine rings is 1. The summed E-state index contributed by atoms with van der Waals surface area (Å²) in [4.78, 5) is 81.7. The van der Waals surface area contributed by atoms with Crippen molar-refractivity contribution in [2.24, 2.45) is 13.0 Å². The molecule has 3 aromatic heterocycles. The Balaban J connectivity index is 0.683. The maximum atomic E-state index is 14.0. The standard InChI is InChI=1S/C60H65N9O7S/c1-36-33-41(75-40-17-13-37(14-18-40)15-26-53(71)68-31-29-67(30-32-68)39-16-20-45-49(34-39)66(5)65-54(45)46-23-25-52(70)63-57(46)73)19-21-42(36)43-22-24-51(62-55(43)58(74)76-60(2,3)4)69-28-27-38-9-8-10-44(47(38)35-69)56(72)64-59-61-48-11-6-7-12-50(48)77-59/h6-12,16,19-22,24,33-34,37,40,46H,13-15,17-18,23,25-32,35H2,1-5H3,(H,61,64,72)(H,63,70,73). The molecule has 4 aromatic carbocycles. The number of hydrogen-bond donors (Lipinski definition) is 2. The summed E-state index contributed by atoms with van der Waals surface area (Å²) in [5.74, 6) is 0.387. The molecule has 4 amide bonds. The zero-order chi connectivity index (χ0) is 53.5. The zero-order valence-corrected chi connectivity index (χ0v) is 45.2. The number of rotatable bonds is 12. The average molecular weight is 1060 g/mol. The molecule has 3 fully saturated rings. The second kappa shape index (κ2) is 21.4.